The normalized spacial score (nSPS) is 10.9. The molecule has 1 aromatic heterocycles. The first-order valence-electron chi connectivity index (χ1n) is 6.77. The van der Waals surface area contributed by atoms with Gasteiger partial charge in [-0.2, -0.15) is 0 Å². The van der Waals surface area contributed by atoms with E-state index in [0.29, 0.717) is 38.1 Å². The third-order valence-electron chi connectivity index (χ3n) is 3.48. The quantitative estimate of drug-likeness (QED) is 0.714. The fraction of sp³-hybridized carbons (Fsp3) is 0.118. The smallest absolute Gasteiger partial charge is 0.135 e. The van der Waals surface area contributed by atoms with Gasteiger partial charge >= 0.3 is 0 Å². The molecule has 4 nitrogen and oxygen atoms in total. The van der Waals surface area contributed by atoms with E-state index in [2.05, 4.69) is 0 Å². The maximum absolute atomic E-state index is 11.2. The number of aryl methyl sites for hydroxylation is 1. The van der Waals surface area contributed by atoms with Gasteiger partial charge in [0.25, 0.3) is 0 Å². The molecule has 3 aromatic rings. The van der Waals surface area contributed by atoms with Gasteiger partial charge in [0.15, 0.2) is 0 Å². The largest absolute Gasteiger partial charge is 0.545 e. The Bertz CT molecular complexity index is 879. The summed E-state index contributed by atoms with van der Waals surface area (Å²) >= 11 is 12.2. The van der Waals surface area contributed by atoms with E-state index in [1.54, 1.807) is 43.3 Å². The van der Waals surface area contributed by atoms with E-state index in [0.717, 1.165) is 0 Å². The highest BCUT2D eigenvalue weighted by molar-refractivity contribution is 6.35. The second-order valence-corrected chi connectivity index (χ2v) is 5.78. The number of ether oxygens (including phenoxy) is 1. The molecule has 3 rings (SSSR count). The molecule has 0 spiro atoms. The van der Waals surface area contributed by atoms with Crippen molar-refractivity contribution < 1.29 is 19.1 Å². The molecule has 0 amide bonds. The minimum absolute atomic E-state index is 0.0289. The van der Waals surface area contributed by atoms with Crippen LogP contribution in [-0.2, 0) is 6.61 Å². The third-order valence-corrected chi connectivity index (χ3v) is 4.19. The summed E-state index contributed by atoms with van der Waals surface area (Å²) in [6.45, 7) is 1.75. The van der Waals surface area contributed by atoms with Crippen molar-refractivity contribution in [3.8, 4) is 5.75 Å². The second-order valence-electron chi connectivity index (χ2n) is 4.97. The van der Waals surface area contributed by atoms with Crippen LogP contribution in [0.3, 0.4) is 0 Å². The number of carboxylic acids is 1. The number of halogens is 2. The summed E-state index contributed by atoms with van der Waals surface area (Å²) in [6, 6.07) is 10.1. The van der Waals surface area contributed by atoms with Gasteiger partial charge in [-0.05, 0) is 37.3 Å². The average molecular weight is 350 g/mol. The number of hydrogen-bond acceptors (Lipinski definition) is 4. The first kappa shape index (κ1) is 15.7. The van der Waals surface area contributed by atoms with E-state index in [9.17, 15) is 9.90 Å². The van der Waals surface area contributed by atoms with Crippen LogP contribution in [0.15, 0.2) is 40.8 Å². The molecule has 0 aliphatic carbocycles. The number of carboxylic acid groups (broad SMARTS) is 1. The Balaban J connectivity index is 1.92. The van der Waals surface area contributed by atoms with Gasteiger partial charge in [-0.25, -0.2) is 0 Å². The molecule has 0 bridgehead atoms. The molecule has 0 unspecified atom stereocenters. The van der Waals surface area contributed by atoms with Crippen LogP contribution in [0.1, 0.15) is 21.7 Å². The molecule has 0 aliphatic heterocycles. The topological polar surface area (TPSA) is 62.5 Å². The maximum atomic E-state index is 11.2. The molecule has 0 atom stereocenters. The van der Waals surface area contributed by atoms with Gasteiger partial charge < -0.3 is 19.1 Å². The number of aromatic carboxylic acids is 1. The minimum Gasteiger partial charge on any atom is -0.545 e. The molecule has 118 valence electrons. The summed E-state index contributed by atoms with van der Waals surface area (Å²) in [5, 5.41) is 12.7. The molecule has 0 saturated carbocycles. The molecular weight excluding hydrogens is 339 g/mol. The van der Waals surface area contributed by atoms with Crippen molar-refractivity contribution in [2.24, 2.45) is 0 Å². The lowest BCUT2D eigenvalue weighted by Crippen LogP contribution is -2.22. The fourth-order valence-corrected chi connectivity index (χ4v) is 2.87. The minimum atomic E-state index is -1.28. The lowest BCUT2D eigenvalue weighted by molar-refractivity contribution is -0.254. The average Bonchev–Trinajstić information content (AvgIpc) is 2.82. The van der Waals surface area contributed by atoms with E-state index in [4.69, 9.17) is 32.4 Å². The number of furan rings is 1. The van der Waals surface area contributed by atoms with Gasteiger partial charge in [0.2, 0.25) is 0 Å². The van der Waals surface area contributed by atoms with Crippen molar-refractivity contribution in [2.75, 3.05) is 0 Å². The summed E-state index contributed by atoms with van der Waals surface area (Å²) in [4.78, 5) is 11.2. The molecule has 0 N–H and O–H groups in total. The SMILES string of the molecule is Cc1oc2ccc(OCc3c(Cl)cccc3Cl)cc2c1C(=O)[O-]. The van der Waals surface area contributed by atoms with Crippen LogP contribution in [0.25, 0.3) is 11.0 Å². The predicted molar refractivity (Wildman–Crippen MR) is 86.1 cm³/mol. The zero-order valence-electron chi connectivity index (χ0n) is 12.1. The number of carbonyl (C=O) groups is 1. The first-order valence-corrected chi connectivity index (χ1v) is 7.53. The lowest BCUT2D eigenvalue weighted by Gasteiger charge is -2.09. The first-order chi connectivity index (χ1) is 11.0. The van der Waals surface area contributed by atoms with Crippen molar-refractivity contribution in [1.29, 1.82) is 0 Å². The van der Waals surface area contributed by atoms with Gasteiger partial charge in [-0.1, -0.05) is 29.3 Å². The number of rotatable bonds is 4. The van der Waals surface area contributed by atoms with Gasteiger partial charge in [0.05, 0.1) is 5.97 Å². The molecular formula is C17H11Cl2O4-. The summed E-state index contributed by atoms with van der Waals surface area (Å²) in [5.74, 6) is -0.504. The van der Waals surface area contributed by atoms with E-state index < -0.39 is 5.97 Å². The van der Waals surface area contributed by atoms with E-state index in [1.165, 1.54) is 0 Å². The van der Waals surface area contributed by atoms with Gasteiger partial charge in [-0.15, -0.1) is 0 Å². The number of hydrogen-bond donors (Lipinski definition) is 0. The molecule has 6 heteroatoms. The Morgan fingerprint density at radius 3 is 2.57 bits per heavy atom. The number of benzene rings is 2. The molecule has 0 aliphatic rings. The Labute approximate surface area is 142 Å². The Hall–Kier alpha value is -2.17. The van der Waals surface area contributed by atoms with Gasteiger partial charge in [0, 0.05) is 26.6 Å². The zero-order chi connectivity index (χ0) is 16.6. The summed E-state index contributed by atoms with van der Waals surface area (Å²) in [6.07, 6.45) is 0. The number of fused-ring (bicyclic) bond motifs is 1. The van der Waals surface area contributed by atoms with Crippen LogP contribution >= 0.6 is 23.2 Å². The van der Waals surface area contributed by atoms with Crippen LogP contribution < -0.4 is 9.84 Å². The van der Waals surface area contributed by atoms with Crippen molar-refractivity contribution in [1.82, 2.24) is 0 Å². The Morgan fingerprint density at radius 1 is 1.22 bits per heavy atom. The Morgan fingerprint density at radius 2 is 1.91 bits per heavy atom. The number of carbonyl (C=O) groups excluding carboxylic acids is 1. The van der Waals surface area contributed by atoms with Crippen molar-refractivity contribution >= 4 is 40.1 Å². The Kier molecular flexibility index (Phi) is 4.20. The van der Waals surface area contributed by atoms with Crippen molar-refractivity contribution in [3.05, 3.63) is 63.3 Å². The van der Waals surface area contributed by atoms with E-state index >= 15 is 0 Å². The van der Waals surface area contributed by atoms with Gasteiger partial charge in [-0.3, -0.25) is 0 Å². The standard InChI is InChI=1S/C17H12Cl2O4/c1-9-16(17(20)21)11-7-10(5-6-15(11)23-9)22-8-12-13(18)3-2-4-14(12)19/h2-7H,8H2,1H3,(H,20,21)/p-1. The molecule has 23 heavy (non-hydrogen) atoms. The highest BCUT2D eigenvalue weighted by Crippen LogP contribution is 2.30. The molecule has 2 aromatic carbocycles. The zero-order valence-corrected chi connectivity index (χ0v) is 13.6. The van der Waals surface area contributed by atoms with Crippen molar-refractivity contribution in [2.45, 2.75) is 13.5 Å². The summed E-state index contributed by atoms with van der Waals surface area (Å²) in [5.41, 5.74) is 1.16. The van der Waals surface area contributed by atoms with E-state index in [1.807, 2.05) is 0 Å². The lowest BCUT2D eigenvalue weighted by atomic mass is 10.1. The third kappa shape index (κ3) is 3.00. The maximum Gasteiger partial charge on any atom is 0.135 e. The molecule has 0 radical (unpaired) electrons. The van der Waals surface area contributed by atoms with Crippen LogP contribution in [0.4, 0.5) is 0 Å². The monoisotopic (exact) mass is 349 g/mol. The molecule has 0 fully saturated rings. The van der Waals surface area contributed by atoms with E-state index in [-0.39, 0.29) is 12.2 Å². The fourth-order valence-electron chi connectivity index (χ4n) is 2.37. The van der Waals surface area contributed by atoms with Crippen LogP contribution in [-0.4, -0.2) is 5.97 Å². The van der Waals surface area contributed by atoms with Crippen LogP contribution in [0.5, 0.6) is 5.75 Å². The second kappa shape index (κ2) is 6.14. The highest BCUT2D eigenvalue weighted by Gasteiger charge is 2.13. The highest BCUT2D eigenvalue weighted by atomic mass is 35.5. The predicted octanol–water partition coefficient (Wildman–Crippen LogP) is 3.99. The summed E-state index contributed by atoms with van der Waals surface area (Å²) < 4.78 is 11.1. The van der Waals surface area contributed by atoms with Crippen molar-refractivity contribution in [3.63, 3.8) is 0 Å². The molecule has 0 saturated heterocycles. The van der Waals surface area contributed by atoms with Crippen LogP contribution in [0, 0.1) is 6.92 Å². The summed E-state index contributed by atoms with van der Waals surface area (Å²) in [7, 11) is 0. The van der Waals surface area contributed by atoms with Gasteiger partial charge in [0.1, 0.15) is 23.7 Å². The molecule has 1 heterocycles. The van der Waals surface area contributed by atoms with Crippen LogP contribution in [0.2, 0.25) is 10.0 Å².